The summed E-state index contributed by atoms with van der Waals surface area (Å²) >= 11 is 0. The molecule has 0 spiro atoms. The second-order valence-corrected chi connectivity index (χ2v) is 15.8. The number of rotatable bonds is 21. The fourth-order valence-corrected chi connectivity index (χ4v) is 7.96. The maximum atomic E-state index is 14.2. The zero-order chi connectivity index (χ0) is 39.4. The molecule has 0 saturated carbocycles. The second kappa shape index (κ2) is 21.3. The number of carbonyl (C=O) groups excluding carboxylic acids is 3. The van der Waals surface area contributed by atoms with Gasteiger partial charge >= 0.3 is 0 Å². The third-order valence-electron chi connectivity index (χ3n) is 11.1. The molecule has 1 fully saturated rings. The summed E-state index contributed by atoms with van der Waals surface area (Å²) in [6, 6.07) is 7.11. The summed E-state index contributed by atoms with van der Waals surface area (Å²) < 4.78 is 12.0. The highest BCUT2D eigenvalue weighted by atomic mass is 16.5. The molecule has 12 nitrogen and oxygen atoms in total. The number of nitrogens with one attached hydrogen (secondary N) is 2. The molecule has 1 saturated heterocycles. The molecule has 1 aliphatic rings. The smallest absolute Gasteiger partial charge is 0.237 e. The van der Waals surface area contributed by atoms with Crippen LogP contribution in [0.25, 0.3) is 0 Å². The fraction of sp³-hybridized carbons (Fsp3) is 0.775. The monoisotopic (exact) mass is 734 g/mol. The van der Waals surface area contributed by atoms with Gasteiger partial charge in [0.25, 0.3) is 0 Å². The predicted octanol–water partition coefficient (Wildman–Crippen LogP) is 3.66. The van der Waals surface area contributed by atoms with Crippen LogP contribution >= 0.6 is 0 Å². The van der Waals surface area contributed by atoms with E-state index in [0.29, 0.717) is 18.5 Å². The highest BCUT2D eigenvalue weighted by molar-refractivity contribution is 5.82. The average molecular weight is 734 g/mol. The van der Waals surface area contributed by atoms with Crippen molar-refractivity contribution in [3.05, 3.63) is 35.9 Å². The van der Waals surface area contributed by atoms with E-state index < -0.39 is 42.5 Å². The van der Waals surface area contributed by atoms with Crippen molar-refractivity contribution in [2.45, 2.75) is 136 Å². The zero-order valence-electron chi connectivity index (χ0n) is 34.2. The number of hydrogen-bond acceptors (Lipinski definition) is 9. The molecular weight excluding hydrogens is 662 g/mol. The molecule has 1 aromatic rings. The maximum absolute atomic E-state index is 14.2. The number of nitrogens with zero attached hydrogens (tertiary/aromatic N) is 3. The van der Waals surface area contributed by atoms with Gasteiger partial charge in [0.2, 0.25) is 17.7 Å². The van der Waals surface area contributed by atoms with Crippen LogP contribution in [-0.2, 0) is 23.9 Å². The molecule has 52 heavy (non-hydrogen) atoms. The first kappa shape index (κ1) is 45.5. The molecule has 0 aliphatic carbocycles. The topological polar surface area (TPSA) is 144 Å². The van der Waals surface area contributed by atoms with Crippen molar-refractivity contribution >= 4 is 17.7 Å². The number of carbonyl (C=O) groups is 3. The summed E-state index contributed by atoms with van der Waals surface area (Å²) in [5.74, 6) is -1.04. The molecule has 298 valence electrons. The van der Waals surface area contributed by atoms with E-state index in [1.807, 2.05) is 93.9 Å². The quantitative estimate of drug-likeness (QED) is 0.139. The van der Waals surface area contributed by atoms with E-state index in [-0.39, 0.29) is 60.0 Å². The van der Waals surface area contributed by atoms with Crippen molar-refractivity contribution in [2.24, 2.45) is 23.7 Å². The van der Waals surface area contributed by atoms with Gasteiger partial charge in [-0.15, -0.1) is 0 Å². The van der Waals surface area contributed by atoms with Crippen LogP contribution in [0.1, 0.15) is 92.7 Å². The van der Waals surface area contributed by atoms with Gasteiger partial charge < -0.3 is 35.2 Å². The average Bonchev–Trinajstić information content (AvgIpc) is 3.59. The van der Waals surface area contributed by atoms with Crippen LogP contribution in [0.15, 0.2) is 30.3 Å². The summed E-state index contributed by atoms with van der Waals surface area (Å²) in [6.45, 7) is 16.2. The van der Waals surface area contributed by atoms with Gasteiger partial charge in [-0.3, -0.25) is 24.2 Å². The largest absolute Gasteiger partial charge is 0.386 e. The minimum atomic E-state index is -1.04. The summed E-state index contributed by atoms with van der Waals surface area (Å²) in [5, 5.41) is 28.8. The number of hydrogen-bond donors (Lipinski definition) is 4. The molecule has 1 aromatic carbocycles. The number of aliphatic hydroxyl groups is 2. The zero-order valence-corrected chi connectivity index (χ0v) is 34.2. The highest BCUT2D eigenvalue weighted by Crippen LogP contribution is 2.30. The lowest BCUT2D eigenvalue weighted by Crippen LogP contribution is -2.61. The molecule has 0 bridgehead atoms. The molecular formula is C40H71N5O7. The van der Waals surface area contributed by atoms with E-state index in [2.05, 4.69) is 24.5 Å². The van der Waals surface area contributed by atoms with Crippen molar-refractivity contribution in [2.75, 3.05) is 41.9 Å². The number of ether oxygens (including phenoxy) is 2. The number of amides is 3. The number of aliphatic hydroxyl groups excluding tert-OH is 2. The third-order valence-corrected chi connectivity index (χ3v) is 11.1. The molecule has 1 aliphatic heterocycles. The van der Waals surface area contributed by atoms with Gasteiger partial charge in [0.15, 0.2) is 0 Å². The van der Waals surface area contributed by atoms with Gasteiger partial charge in [-0.25, -0.2) is 0 Å². The molecule has 11 unspecified atom stereocenters. The van der Waals surface area contributed by atoms with Crippen LogP contribution in [0.5, 0.6) is 0 Å². The van der Waals surface area contributed by atoms with Crippen LogP contribution in [0.3, 0.4) is 0 Å². The van der Waals surface area contributed by atoms with Crippen molar-refractivity contribution in [3.63, 3.8) is 0 Å². The number of likely N-dealkylation sites (tertiary alicyclic amines) is 1. The normalized spacial score (nSPS) is 21.0. The highest BCUT2D eigenvalue weighted by Gasteiger charge is 2.43. The Labute approximate surface area is 314 Å². The van der Waals surface area contributed by atoms with E-state index in [9.17, 15) is 24.6 Å². The molecule has 2 rings (SSSR count). The first-order valence-electron chi connectivity index (χ1n) is 19.2. The Morgan fingerprint density at radius 1 is 0.904 bits per heavy atom. The van der Waals surface area contributed by atoms with Gasteiger partial charge in [0.05, 0.1) is 54.8 Å². The molecule has 1 heterocycles. The van der Waals surface area contributed by atoms with Crippen LogP contribution in [0.4, 0.5) is 0 Å². The first-order chi connectivity index (χ1) is 24.4. The van der Waals surface area contributed by atoms with E-state index in [1.54, 1.807) is 28.1 Å². The Morgan fingerprint density at radius 3 is 2.02 bits per heavy atom. The summed E-state index contributed by atoms with van der Waals surface area (Å²) in [7, 11) is 8.75. The summed E-state index contributed by atoms with van der Waals surface area (Å²) in [5.41, 5.74) is 0.717. The van der Waals surface area contributed by atoms with Crippen molar-refractivity contribution in [3.8, 4) is 0 Å². The first-order valence-corrected chi connectivity index (χ1v) is 19.2. The van der Waals surface area contributed by atoms with Crippen molar-refractivity contribution in [1.82, 2.24) is 25.3 Å². The lowest BCUT2D eigenvalue weighted by Gasteiger charge is -2.44. The van der Waals surface area contributed by atoms with E-state index in [4.69, 9.17) is 9.47 Å². The number of benzene rings is 1. The molecule has 11 atom stereocenters. The van der Waals surface area contributed by atoms with Crippen LogP contribution in [-0.4, -0.2) is 133 Å². The van der Waals surface area contributed by atoms with E-state index in [1.165, 1.54) is 0 Å². The van der Waals surface area contributed by atoms with Crippen molar-refractivity contribution in [1.29, 1.82) is 0 Å². The summed E-state index contributed by atoms with van der Waals surface area (Å²) in [6.07, 6.45) is -0.697. The Kier molecular flexibility index (Phi) is 18.7. The van der Waals surface area contributed by atoms with Gasteiger partial charge in [0, 0.05) is 26.8 Å². The Hall–Kier alpha value is -2.61. The molecule has 4 N–H and O–H groups in total. The Balaban J connectivity index is 2.25. The maximum Gasteiger partial charge on any atom is 0.237 e. The fourth-order valence-electron chi connectivity index (χ4n) is 7.96. The minimum Gasteiger partial charge on any atom is -0.386 e. The number of methoxy groups -OCH3 is 2. The third kappa shape index (κ3) is 11.7. The van der Waals surface area contributed by atoms with Gasteiger partial charge in [-0.05, 0) is 64.2 Å². The van der Waals surface area contributed by atoms with Gasteiger partial charge in [0.1, 0.15) is 6.23 Å². The van der Waals surface area contributed by atoms with Crippen LogP contribution in [0.2, 0.25) is 0 Å². The standard InChI is InChI=1S/C40H71N5O7/c1-14-26(6)35(44(11)40(50)33(24(2)3)42-39(49)34(25(4)5)43(9)10)31(51-12)23-32(46)45-22-18-21-30(45)37(52-13)27(7)38(48)41-28(8)36(47)29-19-16-15-17-20-29/h15-17,19-20,24-28,30-31,33-37,40,47,50H,14,18,21-23H2,1-13H3,(H,41,48)(H,42,49). The molecule has 12 heteroatoms. The minimum absolute atomic E-state index is 0.0455. The SMILES string of the molecule is CCC(C)C(C(CC(=O)N1CCCC1C(OC)C(C)C(=O)NC(C)C(O)c1ccccc1)OC)N(C)C(O)C(NC(=O)C(C(C)C)N(C)C)C(C)C. The Bertz CT molecular complexity index is 1230. The van der Waals surface area contributed by atoms with E-state index >= 15 is 0 Å². The van der Waals surface area contributed by atoms with Crippen LogP contribution in [0, 0.1) is 23.7 Å². The molecule has 3 amide bonds. The van der Waals surface area contributed by atoms with E-state index in [0.717, 1.165) is 12.8 Å². The van der Waals surface area contributed by atoms with Crippen molar-refractivity contribution < 1.29 is 34.1 Å². The van der Waals surface area contributed by atoms with Crippen LogP contribution < -0.4 is 10.6 Å². The second-order valence-electron chi connectivity index (χ2n) is 15.8. The molecule has 0 aromatic heterocycles. The Morgan fingerprint density at radius 2 is 1.52 bits per heavy atom. The number of likely N-dealkylation sites (N-methyl/N-ethyl adjacent to an activating group) is 2. The lowest BCUT2D eigenvalue weighted by molar-refractivity contribution is -0.146. The lowest BCUT2D eigenvalue weighted by atomic mass is 9.89. The molecule has 0 radical (unpaired) electrons. The van der Waals surface area contributed by atoms with Gasteiger partial charge in [-0.1, -0.05) is 85.2 Å². The van der Waals surface area contributed by atoms with Gasteiger partial charge in [-0.2, -0.15) is 0 Å². The predicted molar refractivity (Wildman–Crippen MR) is 205 cm³/mol. The summed E-state index contributed by atoms with van der Waals surface area (Å²) in [4.78, 5) is 46.7.